The molecule has 0 aliphatic carbocycles. The van der Waals surface area contributed by atoms with Crippen molar-refractivity contribution in [2.45, 2.75) is 0 Å². The fourth-order valence-corrected chi connectivity index (χ4v) is 2.34. The molecular weight excluding hydrogens is 288 g/mol. The van der Waals surface area contributed by atoms with Crippen LogP contribution in [0, 0.1) is 0 Å². The zero-order valence-electron chi connectivity index (χ0n) is 11.3. The van der Waals surface area contributed by atoms with Crippen molar-refractivity contribution >= 4 is 34.5 Å². The molecule has 21 heavy (non-hydrogen) atoms. The number of fused-ring (bicyclic) bond motifs is 1. The zero-order valence-corrected chi connectivity index (χ0v) is 12.1. The predicted octanol–water partition coefficient (Wildman–Crippen LogP) is 3.75. The normalized spacial score (nSPS) is 14.8. The Morgan fingerprint density at radius 3 is 2.90 bits per heavy atom. The highest BCUT2D eigenvalue weighted by Gasteiger charge is 2.24. The summed E-state index contributed by atoms with van der Waals surface area (Å²) in [5, 5.41) is 6.50. The van der Waals surface area contributed by atoms with E-state index in [2.05, 4.69) is 10.6 Å². The molecule has 1 aliphatic heterocycles. The van der Waals surface area contributed by atoms with Crippen LogP contribution in [0.1, 0.15) is 5.56 Å². The van der Waals surface area contributed by atoms with E-state index in [1.54, 1.807) is 31.5 Å². The molecule has 0 atom stereocenters. The van der Waals surface area contributed by atoms with E-state index in [1.807, 2.05) is 24.3 Å². The molecule has 2 N–H and O–H groups in total. The second-order valence-electron chi connectivity index (χ2n) is 4.58. The van der Waals surface area contributed by atoms with Gasteiger partial charge in [0.05, 0.1) is 12.7 Å². The Bertz CT molecular complexity index is 741. The van der Waals surface area contributed by atoms with E-state index < -0.39 is 0 Å². The topological polar surface area (TPSA) is 50.4 Å². The number of amides is 1. The molecule has 0 unspecified atom stereocenters. The van der Waals surface area contributed by atoms with Crippen LogP contribution in [-0.2, 0) is 4.79 Å². The van der Waals surface area contributed by atoms with Crippen molar-refractivity contribution in [1.29, 1.82) is 0 Å². The minimum absolute atomic E-state index is 0.150. The highest BCUT2D eigenvalue weighted by atomic mass is 35.5. The summed E-state index contributed by atoms with van der Waals surface area (Å²) < 4.78 is 5.16. The Kier molecular flexibility index (Phi) is 3.54. The Labute approximate surface area is 127 Å². The van der Waals surface area contributed by atoms with Crippen LogP contribution in [0.15, 0.2) is 48.7 Å². The van der Waals surface area contributed by atoms with Crippen molar-refractivity contribution in [3.8, 4) is 5.75 Å². The molecule has 0 aromatic heterocycles. The number of carbonyl (C=O) groups is 1. The van der Waals surface area contributed by atoms with Crippen LogP contribution in [0.25, 0.3) is 5.57 Å². The van der Waals surface area contributed by atoms with Gasteiger partial charge in [-0.15, -0.1) is 0 Å². The first-order chi connectivity index (χ1) is 10.2. The van der Waals surface area contributed by atoms with Gasteiger partial charge in [-0.1, -0.05) is 17.7 Å². The van der Waals surface area contributed by atoms with Gasteiger partial charge in [-0.2, -0.15) is 0 Å². The molecule has 1 aliphatic rings. The molecule has 0 bridgehead atoms. The summed E-state index contributed by atoms with van der Waals surface area (Å²) >= 11 is 5.99. The summed E-state index contributed by atoms with van der Waals surface area (Å²) in [5.74, 6) is 0.598. The van der Waals surface area contributed by atoms with E-state index in [-0.39, 0.29) is 5.91 Å². The largest absolute Gasteiger partial charge is 0.497 e. The molecule has 2 aromatic rings. The first kappa shape index (κ1) is 13.5. The van der Waals surface area contributed by atoms with E-state index in [9.17, 15) is 4.79 Å². The molecule has 1 heterocycles. The molecule has 5 heteroatoms. The van der Waals surface area contributed by atoms with Gasteiger partial charge in [0.1, 0.15) is 5.75 Å². The minimum atomic E-state index is -0.150. The van der Waals surface area contributed by atoms with Gasteiger partial charge in [-0.05, 0) is 30.3 Å². The zero-order chi connectivity index (χ0) is 14.8. The number of ether oxygens (including phenoxy) is 1. The lowest BCUT2D eigenvalue weighted by Crippen LogP contribution is -2.05. The number of benzene rings is 2. The minimum Gasteiger partial charge on any atom is -0.497 e. The monoisotopic (exact) mass is 300 g/mol. The van der Waals surface area contributed by atoms with E-state index in [4.69, 9.17) is 16.3 Å². The highest BCUT2D eigenvalue weighted by Crippen LogP contribution is 2.33. The van der Waals surface area contributed by atoms with Crippen LogP contribution in [-0.4, -0.2) is 13.0 Å². The lowest BCUT2D eigenvalue weighted by molar-refractivity contribution is -0.110. The number of hydrogen-bond acceptors (Lipinski definition) is 3. The second kappa shape index (κ2) is 5.50. The molecule has 0 fully saturated rings. The molecule has 0 radical (unpaired) electrons. The van der Waals surface area contributed by atoms with Crippen molar-refractivity contribution in [2.24, 2.45) is 0 Å². The Balaban J connectivity index is 1.90. The van der Waals surface area contributed by atoms with Crippen molar-refractivity contribution < 1.29 is 9.53 Å². The van der Waals surface area contributed by atoms with Crippen molar-refractivity contribution in [2.75, 3.05) is 17.7 Å². The number of halogens is 1. The average Bonchev–Trinajstić information content (AvgIpc) is 2.80. The predicted molar refractivity (Wildman–Crippen MR) is 84.7 cm³/mol. The summed E-state index contributed by atoms with van der Waals surface area (Å²) in [5.41, 5.74) is 2.95. The maximum Gasteiger partial charge on any atom is 0.257 e. The Morgan fingerprint density at radius 1 is 1.24 bits per heavy atom. The van der Waals surface area contributed by atoms with Gasteiger partial charge in [-0.3, -0.25) is 4.79 Å². The van der Waals surface area contributed by atoms with Gasteiger partial charge >= 0.3 is 0 Å². The van der Waals surface area contributed by atoms with Crippen molar-refractivity contribution in [3.05, 3.63) is 59.3 Å². The molecule has 106 valence electrons. The lowest BCUT2D eigenvalue weighted by Gasteiger charge is -2.05. The van der Waals surface area contributed by atoms with E-state index in [0.717, 1.165) is 22.7 Å². The fourth-order valence-electron chi connectivity index (χ4n) is 2.17. The van der Waals surface area contributed by atoms with Gasteiger partial charge in [0.15, 0.2) is 0 Å². The highest BCUT2D eigenvalue weighted by molar-refractivity contribution is 6.34. The summed E-state index contributed by atoms with van der Waals surface area (Å²) in [4.78, 5) is 12.0. The van der Waals surface area contributed by atoms with Crippen LogP contribution >= 0.6 is 11.6 Å². The number of nitrogens with one attached hydrogen (secondary N) is 2. The van der Waals surface area contributed by atoms with Crippen LogP contribution in [0.5, 0.6) is 5.75 Å². The van der Waals surface area contributed by atoms with E-state index in [1.165, 1.54) is 0 Å². The molecule has 2 aromatic carbocycles. The number of methoxy groups -OCH3 is 1. The first-order valence-corrected chi connectivity index (χ1v) is 6.77. The Morgan fingerprint density at radius 2 is 2.10 bits per heavy atom. The average molecular weight is 301 g/mol. The maximum absolute atomic E-state index is 12.0. The van der Waals surface area contributed by atoms with Crippen LogP contribution in [0.3, 0.4) is 0 Å². The molecule has 4 nitrogen and oxygen atoms in total. The SMILES string of the molecule is COc1cccc(NC=C2C(=O)Nc3ccc(Cl)cc32)c1. The third-order valence-electron chi connectivity index (χ3n) is 3.22. The Hall–Kier alpha value is -2.46. The van der Waals surface area contributed by atoms with Crippen LogP contribution in [0.4, 0.5) is 11.4 Å². The molecule has 0 saturated carbocycles. The third kappa shape index (κ3) is 2.71. The molecule has 0 spiro atoms. The van der Waals surface area contributed by atoms with Crippen LogP contribution in [0.2, 0.25) is 5.02 Å². The summed E-state index contributed by atoms with van der Waals surface area (Å²) in [6.07, 6.45) is 1.67. The molecular formula is C16H13ClN2O2. The van der Waals surface area contributed by atoms with Gasteiger partial charge in [0, 0.05) is 34.2 Å². The van der Waals surface area contributed by atoms with Gasteiger partial charge in [-0.25, -0.2) is 0 Å². The van der Waals surface area contributed by atoms with E-state index in [0.29, 0.717) is 10.6 Å². The number of anilines is 2. The standard InChI is InChI=1S/C16H13ClN2O2/c1-21-12-4-2-3-11(8-12)18-9-14-13-7-10(17)5-6-15(13)19-16(14)20/h2-9,18H,1H3,(H,19,20). The lowest BCUT2D eigenvalue weighted by atomic mass is 10.1. The van der Waals surface area contributed by atoms with Crippen molar-refractivity contribution in [3.63, 3.8) is 0 Å². The summed E-state index contributed by atoms with van der Waals surface area (Å²) in [7, 11) is 1.61. The van der Waals surface area contributed by atoms with E-state index >= 15 is 0 Å². The molecule has 0 saturated heterocycles. The smallest absolute Gasteiger partial charge is 0.257 e. The van der Waals surface area contributed by atoms with Crippen LogP contribution < -0.4 is 15.4 Å². The summed E-state index contributed by atoms with van der Waals surface area (Å²) in [6.45, 7) is 0. The number of rotatable bonds is 3. The van der Waals surface area contributed by atoms with Crippen molar-refractivity contribution in [1.82, 2.24) is 0 Å². The third-order valence-corrected chi connectivity index (χ3v) is 3.45. The maximum atomic E-state index is 12.0. The number of hydrogen-bond donors (Lipinski definition) is 2. The first-order valence-electron chi connectivity index (χ1n) is 6.39. The van der Waals surface area contributed by atoms with Gasteiger partial charge in [0.2, 0.25) is 0 Å². The molecule has 3 rings (SSSR count). The quantitative estimate of drug-likeness (QED) is 0.849. The van der Waals surface area contributed by atoms with Gasteiger partial charge < -0.3 is 15.4 Å². The summed E-state index contributed by atoms with van der Waals surface area (Å²) in [6, 6.07) is 12.8. The second-order valence-corrected chi connectivity index (χ2v) is 5.01. The fraction of sp³-hybridized carbons (Fsp3) is 0.0625. The van der Waals surface area contributed by atoms with Gasteiger partial charge in [0.25, 0.3) is 5.91 Å². The molecule has 1 amide bonds. The number of carbonyl (C=O) groups excluding carboxylic acids is 1.